The van der Waals surface area contributed by atoms with E-state index < -0.39 is 116 Å². The molecule has 2 amide bonds. The largest absolute Gasteiger partial charge is 0.460 e. The van der Waals surface area contributed by atoms with Crippen LogP contribution in [0.2, 0.25) is 0 Å². The third-order valence-corrected chi connectivity index (χ3v) is 6.00. The van der Waals surface area contributed by atoms with E-state index in [0.717, 1.165) is 5.32 Å². The van der Waals surface area contributed by atoms with E-state index in [-0.39, 0.29) is 0 Å². The summed E-state index contributed by atoms with van der Waals surface area (Å²) < 4.78 is 287. The van der Waals surface area contributed by atoms with Crippen LogP contribution in [0.5, 0.6) is 0 Å². The number of nitrogens with zero attached hydrogens (tertiary/aromatic N) is 2. The van der Waals surface area contributed by atoms with E-state index in [2.05, 4.69) is 0 Å². The van der Waals surface area contributed by atoms with Gasteiger partial charge >= 0.3 is 59.7 Å². The van der Waals surface area contributed by atoms with Gasteiger partial charge in [0.15, 0.2) is 0 Å². The van der Waals surface area contributed by atoms with E-state index in [9.17, 15) is 106 Å². The van der Waals surface area contributed by atoms with Crippen LogP contribution in [0, 0.1) is 0 Å². The first-order chi connectivity index (χ1) is 19.5. The van der Waals surface area contributed by atoms with Crippen LogP contribution in [-0.2, 0) is 9.59 Å². The van der Waals surface area contributed by atoms with Crippen molar-refractivity contribution in [2.75, 3.05) is 39.3 Å². The van der Waals surface area contributed by atoms with Gasteiger partial charge in [-0.2, -0.15) is 96.6 Å². The molecule has 1 fully saturated rings. The molecule has 0 radical (unpaired) electrons. The second-order valence-corrected chi connectivity index (χ2v) is 8.98. The Labute approximate surface area is 233 Å². The molecule has 1 aliphatic heterocycles. The fraction of sp³-hybridized carbons (Fsp3) is 0.889. The normalized spacial score (nSPS) is 17.9. The Morgan fingerprint density at radius 1 is 0.467 bits per heavy atom. The number of piperazine rings is 1. The number of halogens is 22. The highest BCUT2D eigenvalue weighted by Crippen LogP contribution is 2.59. The Bertz CT molecular complexity index is 1090. The van der Waals surface area contributed by atoms with Crippen molar-refractivity contribution in [1.29, 1.82) is 0 Å². The number of hydrogen-bond acceptors (Lipinski definition) is 3. The summed E-state index contributed by atoms with van der Waals surface area (Å²) in [6.07, 6.45) is -15.0. The summed E-state index contributed by atoms with van der Waals surface area (Å²) in [6, 6.07) is 0. The fourth-order valence-corrected chi connectivity index (χ4v) is 3.23. The maximum atomic E-state index is 13.9. The lowest BCUT2D eigenvalue weighted by atomic mass is 9.97. The van der Waals surface area contributed by atoms with Gasteiger partial charge < -0.3 is 10.2 Å². The highest BCUT2D eigenvalue weighted by atomic mass is 19.4. The maximum Gasteiger partial charge on any atom is 0.460 e. The summed E-state index contributed by atoms with van der Waals surface area (Å²) in [5.74, 6) is -67.6. The third-order valence-electron chi connectivity index (χ3n) is 6.00. The minimum Gasteiger partial charge on any atom is -0.349 e. The standard InChI is InChI=1S/C18H13F22N3O2/c19-9(20,11(23,24)13(27,28)15(31,32)17(35,36)37)7(44)41-1-2-42-3-5-43(6-4-42)8(45)10(21,22)12(25,26)14(29,30)16(33,34)18(38,39)40/h1-6H2,(H,41,44). The van der Waals surface area contributed by atoms with E-state index in [0.29, 0.717) is 4.90 Å². The summed E-state index contributed by atoms with van der Waals surface area (Å²) in [5.41, 5.74) is 0. The summed E-state index contributed by atoms with van der Waals surface area (Å²) >= 11 is 0. The maximum absolute atomic E-state index is 13.9. The second-order valence-electron chi connectivity index (χ2n) is 8.98. The van der Waals surface area contributed by atoms with E-state index in [1.165, 1.54) is 0 Å². The van der Waals surface area contributed by atoms with Gasteiger partial charge in [-0.3, -0.25) is 14.5 Å². The van der Waals surface area contributed by atoms with Crippen LogP contribution in [0.25, 0.3) is 0 Å². The molecule has 0 spiro atoms. The van der Waals surface area contributed by atoms with Crippen molar-refractivity contribution in [1.82, 2.24) is 15.1 Å². The van der Waals surface area contributed by atoms with Gasteiger partial charge in [-0.1, -0.05) is 0 Å². The Hall–Kier alpha value is -2.64. The number of carbonyl (C=O) groups excluding carboxylic acids is 2. The van der Waals surface area contributed by atoms with Gasteiger partial charge in [-0.25, -0.2) is 0 Å². The molecule has 45 heavy (non-hydrogen) atoms. The number of hydrogen-bond donors (Lipinski definition) is 1. The second kappa shape index (κ2) is 11.6. The zero-order chi connectivity index (χ0) is 36.3. The van der Waals surface area contributed by atoms with Crippen LogP contribution in [-0.4, -0.2) is 121 Å². The number of nitrogens with one attached hydrogen (secondary N) is 1. The van der Waals surface area contributed by atoms with Gasteiger partial charge in [0.2, 0.25) is 0 Å². The SMILES string of the molecule is O=C(NCCN1CCN(C(=O)C(F)(F)C(F)(F)C(F)(F)C(F)(F)C(F)(F)F)CC1)C(F)(F)C(F)(F)C(F)(F)C(F)(F)C(F)(F)F. The average molecular weight is 721 g/mol. The summed E-state index contributed by atoms with van der Waals surface area (Å²) in [7, 11) is 0. The first-order valence-electron chi connectivity index (χ1n) is 11.0. The van der Waals surface area contributed by atoms with E-state index >= 15 is 0 Å². The summed E-state index contributed by atoms with van der Waals surface area (Å²) in [4.78, 5) is 23.3. The van der Waals surface area contributed by atoms with E-state index in [1.54, 1.807) is 0 Å². The van der Waals surface area contributed by atoms with Gasteiger partial charge in [0.25, 0.3) is 11.8 Å². The molecule has 5 nitrogen and oxygen atoms in total. The molecular formula is C18H13F22N3O2. The molecule has 1 rings (SSSR count). The van der Waals surface area contributed by atoms with Gasteiger partial charge in [0.1, 0.15) is 0 Å². The van der Waals surface area contributed by atoms with Crippen LogP contribution >= 0.6 is 0 Å². The van der Waals surface area contributed by atoms with Crippen molar-refractivity contribution in [3.05, 3.63) is 0 Å². The van der Waals surface area contributed by atoms with Crippen LogP contribution in [0.1, 0.15) is 0 Å². The lowest BCUT2D eigenvalue weighted by molar-refractivity contribution is -0.417. The quantitative estimate of drug-likeness (QED) is 0.289. The van der Waals surface area contributed by atoms with Crippen LogP contribution in [0.15, 0.2) is 0 Å². The zero-order valence-electron chi connectivity index (χ0n) is 20.8. The number of amides is 2. The molecule has 0 saturated carbocycles. The zero-order valence-corrected chi connectivity index (χ0v) is 20.8. The highest BCUT2D eigenvalue weighted by molar-refractivity contribution is 5.85. The first-order valence-corrected chi connectivity index (χ1v) is 11.0. The monoisotopic (exact) mass is 721 g/mol. The average Bonchev–Trinajstić information content (AvgIpc) is 2.86. The molecule has 1 N–H and O–H groups in total. The molecular weight excluding hydrogens is 708 g/mol. The first kappa shape index (κ1) is 40.4. The van der Waals surface area contributed by atoms with E-state index in [1.807, 2.05) is 0 Å². The molecule has 1 saturated heterocycles. The third kappa shape index (κ3) is 6.24. The Kier molecular flexibility index (Phi) is 10.4. The van der Waals surface area contributed by atoms with Crippen molar-refractivity contribution >= 4 is 11.8 Å². The van der Waals surface area contributed by atoms with Crippen molar-refractivity contribution < 1.29 is 106 Å². The Morgan fingerprint density at radius 3 is 1.13 bits per heavy atom. The fourth-order valence-electron chi connectivity index (χ4n) is 3.23. The molecule has 0 aromatic heterocycles. The molecule has 266 valence electrons. The molecule has 1 aliphatic rings. The topological polar surface area (TPSA) is 52.7 Å². The Morgan fingerprint density at radius 2 is 0.800 bits per heavy atom. The summed E-state index contributed by atoms with van der Waals surface area (Å²) in [5, 5.41) is 0.744. The van der Waals surface area contributed by atoms with Crippen LogP contribution in [0.3, 0.4) is 0 Å². The highest BCUT2D eigenvalue weighted by Gasteiger charge is 2.90. The van der Waals surface area contributed by atoms with Crippen molar-refractivity contribution in [2.45, 2.75) is 59.7 Å². The van der Waals surface area contributed by atoms with Gasteiger partial charge in [-0.15, -0.1) is 0 Å². The molecule has 0 aromatic rings. The van der Waals surface area contributed by atoms with Crippen molar-refractivity contribution in [2.24, 2.45) is 0 Å². The lowest BCUT2D eigenvalue weighted by Crippen LogP contribution is -2.70. The van der Waals surface area contributed by atoms with Crippen molar-refractivity contribution in [3.63, 3.8) is 0 Å². The number of carbonyl (C=O) groups is 2. The summed E-state index contributed by atoms with van der Waals surface area (Å²) in [6.45, 7) is -6.87. The van der Waals surface area contributed by atoms with Crippen molar-refractivity contribution in [3.8, 4) is 0 Å². The van der Waals surface area contributed by atoms with Gasteiger partial charge in [-0.05, 0) is 0 Å². The number of rotatable bonds is 11. The van der Waals surface area contributed by atoms with Gasteiger partial charge in [0.05, 0.1) is 0 Å². The molecule has 0 unspecified atom stereocenters. The molecule has 0 atom stereocenters. The molecule has 0 bridgehead atoms. The minimum absolute atomic E-state index is 0.470. The smallest absolute Gasteiger partial charge is 0.349 e. The predicted octanol–water partition coefficient (Wildman–Crippen LogP) is 5.45. The minimum atomic E-state index is -7.91. The number of alkyl halides is 22. The molecule has 0 aromatic carbocycles. The van der Waals surface area contributed by atoms with E-state index in [4.69, 9.17) is 0 Å². The Balaban J connectivity index is 2.92. The lowest BCUT2D eigenvalue weighted by Gasteiger charge is -2.40. The van der Waals surface area contributed by atoms with Gasteiger partial charge in [0, 0.05) is 39.3 Å². The van der Waals surface area contributed by atoms with Crippen LogP contribution < -0.4 is 5.32 Å². The van der Waals surface area contributed by atoms with Crippen LogP contribution in [0.4, 0.5) is 96.6 Å². The molecule has 1 heterocycles. The molecule has 27 heteroatoms. The molecule has 0 aliphatic carbocycles. The predicted molar refractivity (Wildman–Crippen MR) is 97.7 cm³/mol.